The number of nitrogens with one attached hydrogen (secondary N) is 2. The summed E-state index contributed by atoms with van der Waals surface area (Å²) in [7, 11) is -6.42. The molecule has 160 valence electrons. The Morgan fingerprint density at radius 2 is 1.31 bits per heavy atom. The minimum Gasteiger partial charge on any atom is -0.215 e. The van der Waals surface area contributed by atoms with Gasteiger partial charge in [-0.25, -0.2) is 26.3 Å². The summed E-state index contributed by atoms with van der Waals surface area (Å²) in [4.78, 5) is 0. The molecule has 0 aliphatic carbocycles. The van der Waals surface area contributed by atoms with Crippen molar-refractivity contribution in [3.8, 4) is 11.1 Å². The van der Waals surface area contributed by atoms with Crippen LogP contribution in [0.4, 0.5) is 0 Å². The van der Waals surface area contributed by atoms with Crippen molar-refractivity contribution >= 4 is 20.0 Å². The minimum absolute atomic E-state index is 0.0716. The van der Waals surface area contributed by atoms with E-state index >= 15 is 0 Å². The number of sulfonamides is 2. The van der Waals surface area contributed by atoms with Gasteiger partial charge in [0.2, 0.25) is 20.0 Å². The molecule has 2 rings (SSSR count). The monoisotopic (exact) mass is 438 g/mol. The summed E-state index contributed by atoms with van der Waals surface area (Å²) in [6, 6.07) is 16.1. The normalized spacial score (nSPS) is 13.6. The van der Waals surface area contributed by atoms with Crippen molar-refractivity contribution in [2.45, 2.75) is 38.4 Å². The quantitative estimate of drug-likeness (QED) is 0.597. The first-order valence-electron chi connectivity index (χ1n) is 9.60. The van der Waals surface area contributed by atoms with E-state index in [1.807, 2.05) is 55.5 Å². The lowest BCUT2D eigenvalue weighted by Gasteiger charge is -2.15. The fourth-order valence-corrected chi connectivity index (χ4v) is 4.06. The predicted octanol–water partition coefficient (Wildman–Crippen LogP) is 2.88. The number of benzene rings is 2. The maximum atomic E-state index is 11.9. The molecule has 0 amide bonds. The molecule has 0 saturated heterocycles. The molecular weight excluding hydrogens is 408 g/mol. The van der Waals surface area contributed by atoms with E-state index in [9.17, 15) is 16.8 Å². The number of hydrogen-bond acceptors (Lipinski definition) is 4. The van der Waals surface area contributed by atoms with Crippen LogP contribution in [0.2, 0.25) is 0 Å². The number of hydrogen-bond donors (Lipinski definition) is 2. The highest BCUT2D eigenvalue weighted by atomic mass is 32.2. The van der Waals surface area contributed by atoms with Gasteiger partial charge in [-0.05, 0) is 48.4 Å². The van der Waals surface area contributed by atoms with E-state index < -0.39 is 25.3 Å². The molecule has 2 N–H and O–H groups in total. The van der Waals surface area contributed by atoms with E-state index in [4.69, 9.17) is 0 Å². The standard InChI is InChI=1S/C21H30N2O4S2/c1-16(2)29(26,27)23-15-17(3)19-9-11-21(12-10-19)20-7-5-18(6-8-20)13-14-22-28(4,24)25/h5-12,16-17,22-23H,13-15H2,1-4H3/t17-/m0/s1. The van der Waals surface area contributed by atoms with Crippen LogP contribution < -0.4 is 9.44 Å². The van der Waals surface area contributed by atoms with Gasteiger partial charge in [0.1, 0.15) is 0 Å². The first kappa shape index (κ1) is 23.5. The number of rotatable bonds is 10. The van der Waals surface area contributed by atoms with Crippen LogP contribution in [0, 0.1) is 0 Å². The van der Waals surface area contributed by atoms with E-state index in [1.165, 1.54) is 0 Å². The molecule has 0 aromatic heterocycles. The van der Waals surface area contributed by atoms with E-state index in [1.54, 1.807) is 13.8 Å². The molecule has 0 spiro atoms. The van der Waals surface area contributed by atoms with Crippen molar-refractivity contribution < 1.29 is 16.8 Å². The third-order valence-corrected chi connectivity index (χ3v) is 7.29. The van der Waals surface area contributed by atoms with Gasteiger partial charge in [-0.1, -0.05) is 55.5 Å². The Morgan fingerprint density at radius 1 is 0.793 bits per heavy atom. The second-order valence-electron chi connectivity index (χ2n) is 7.58. The zero-order valence-electron chi connectivity index (χ0n) is 17.3. The van der Waals surface area contributed by atoms with Crippen molar-refractivity contribution in [3.05, 3.63) is 59.7 Å². The van der Waals surface area contributed by atoms with Gasteiger partial charge in [0.15, 0.2) is 0 Å². The largest absolute Gasteiger partial charge is 0.215 e. The molecule has 1 atom stereocenters. The maximum Gasteiger partial charge on any atom is 0.213 e. The maximum absolute atomic E-state index is 11.9. The Kier molecular flexibility index (Phi) is 7.99. The Bertz CT molecular complexity index is 998. The summed E-state index contributed by atoms with van der Waals surface area (Å²) in [5.41, 5.74) is 4.28. The summed E-state index contributed by atoms with van der Waals surface area (Å²) in [6.45, 7) is 6.07. The zero-order valence-corrected chi connectivity index (χ0v) is 19.0. The van der Waals surface area contributed by atoms with Gasteiger partial charge in [0.05, 0.1) is 11.5 Å². The fourth-order valence-electron chi connectivity index (χ4n) is 2.77. The van der Waals surface area contributed by atoms with Gasteiger partial charge in [-0.15, -0.1) is 0 Å². The Labute approximate surface area is 174 Å². The van der Waals surface area contributed by atoms with Gasteiger partial charge in [0, 0.05) is 13.1 Å². The van der Waals surface area contributed by atoms with E-state index in [0.29, 0.717) is 19.5 Å². The average Bonchev–Trinajstić information content (AvgIpc) is 2.66. The van der Waals surface area contributed by atoms with Gasteiger partial charge in [-0.3, -0.25) is 0 Å². The molecule has 0 saturated carbocycles. The molecule has 0 aliphatic heterocycles. The van der Waals surface area contributed by atoms with Crippen molar-refractivity contribution in [1.82, 2.24) is 9.44 Å². The molecule has 6 nitrogen and oxygen atoms in total. The van der Waals surface area contributed by atoms with Crippen LogP contribution in [0.3, 0.4) is 0 Å². The van der Waals surface area contributed by atoms with Crippen molar-refractivity contribution in [2.24, 2.45) is 0 Å². The van der Waals surface area contributed by atoms with Crippen molar-refractivity contribution in [2.75, 3.05) is 19.3 Å². The highest BCUT2D eigenvalue weighted by Crippen LogP contribution is 2.23. The first-order valence-corrected chi connectivity index (χ1v) is 13.0. The molecule has 0 fully saturated rings. The van der Waals surface area contributed by atoms with Crippen molar-refractivity contribution in [1.29, 1.82) is 0 Å². The lowest BCUT2D eigenvalue weighted by molar-refractivity contribution is 0.566. The summed E-state index contributed by atoms with van der Waals surface area (Å²) < 4.78 is 51.2. The predicted molar refractivity (Wildman–Crippen MR) is 119 cm³/mol. The van der Waals surface area contributed by atoms with Crippen molar-refractivity contribution in [3.63, 3.8) is 0 Å². The molecule has 0 aliphatic rings. The van der Waals surface area contributed by atoms with Crippen LogP contribution in [0.25, 0.3) is 11.1 Å². The van der Waals surface area contributed by atoms with E-state index in [0.717, 1.165) is 28.5 Å². The molecule has 2 aromatic rings. The van der Waals surface area contributed by atoms with Crippen LogP contribution in [-0.4, -0.2) is 41.4 Å². The van der Waals surface area contributed by atoms with Crippen LogP contribution in [-0.2, 0) is 26.5 Å². The third kappa shape index (κ3) is 7.54. The zero-order chi connectivity index (χ0) is 21.7. The first-order chi connectivity index (χ1) is 13.5. The minimum atomic E-state index is -3.26. The average molecular weight is 439 g/mol. The summed E-state index contributed by atoms with van der Waals surface area (Å²) in [5, 5.41) is -0.442. The smallest absolute Gasteiger partial charge is 0.213 e. The Morgan fingerprint density at radius 3 is 1.79 bits per heavy atom. The van der Waals surface area contributed by atoms with Crippen LogP contribution >= 0.6 is 0 Å². The Balaban J connectivity index is 1.97. The molecular formula is C21H30N2O4S2. The third-order valence-electron chi connectivity index (χ3n) is 4.76. The molecule has 0 unspecified atom stereocenters. The molecule has 0 heterocycles. The SMILES string of the molecule is CC(C)S(=O)(=O)NC[C@H](C)c1ccc(-c2ccc(CCNS(C)(=O)=O)cc2)cc1. The molecule has 0 radical (unpaired) electrons. The van der Waals surface area contributed by atoms with Gasteiger partial charge < -0.3 is 0 Å². The second kappa shape index (κ2) is 9.84. The van der Waals surface area contributed by atoms with Crippen LogP contribution in [0.1, 0.15) is 37.8 Å². The topological polar surface area (TPSA) is 92.3 Å². The molecule has 0 bridgehead atoms. The summed E-state index contributed by atoms with van der Waals surface area (Å²) in [5.74, 6) is 0.0716. The van der Waals surface area contributed by atoms with Crippen LogP contribution in [0.15, 0.2) is 48.5 Å². The van der Waals surface area contributed by atoms with Gasteiger partial charge in [0.25, 0.3) is 0 Å². The van der Waals surface area contributed by atoms with E-state index in [2.05, 4.69) is 9.44 Å². The highest BCUT2D eigenvalue weighted by molar-refractivity contribution is 7.90. The highest BCUT2D eigenvalue weighted by Gasteiger charge is 2.17. The fraction of sp³-hybridized carbons (Fsp3) is 0.429. The van der Waals surface area contributed by atoms with Gasteiger partial charge in [-0.2, -0.15) is 0 Å². The molecule has 29 heavy (non-hydrogen) atoms. The summed E-state index contributed by atoms with van der Waals surface area (Å²) in [6.07, 6.45) is 1.79. The molecule has 8 heteroatoms. The lowest BCUT2D eigenvalue weighted by atomic mass is 9.97. The van der Waals surface area contributed by atoms with Crippen LogP contribution in [0.5, 0.6) is 0 Å². The summed E-state index contributed by atoms with van der Waals surface area (Å²) >= 11 is 0. The Hall–Kier alpha value is -1.74. The van der Waals surface area contributed by atoms with E-state index in [-0.39, 0.29) is 5.92 Å². The van der Waals surface area contributed by atoms with Gasteiger partial charge >= 0.3 is 0 Å². The lowest BCUT2D eigenvalue weighted by Crippen LogP contribution is -2.33. The second-order valence-corrected chi connectivity index (χ2v) is 11.7. The molecule has 2 aromatic carbocycles.